The van der Waals surface area contributed by atoms with Gasteiger partial charge in [-0.3, -0.25) is 0 Å². The molecule has 0 aliphatic carbocycles. The molecule has 1 heterocycles. The lowest BCUT2D eigenvalue weighted by molar-refractivity contribution is 0.298. The van der Waals surface area contributed by atoms with Gasteiger partial charge in [-0.25, -0.2) is 4.98 Å². The predicted octanol–water partition coefficient (Wildman–Crippen LogP) is 2.27. The minimum atomic E-state index is 0.962. The molecular formula is C12H23N3S. The van der Waals surface area contributed by atoms with Crippen molar-refractivity contribution in [3.63, 3.8) is 0 Å². The lowest BCUT2D eigenvalue weighted by atomic mass is 10.3. The van der Waals surface area contributed by atoms with Crippen LogP contribution in [0, 0.1) is 6.92 Å². The van der Waals surface area contributed by atoms with Gasteiger partial charge in [-0.2, -0.15) is 0 Å². The fourth-order valence-corrected chi connectivity index (χ4v) is 2.43. The second kappa shape index (κ2) is 7.76. The Morgan fingerprint density at radius 3 is 2.69 bits per heavy atom. The molecule has 1 aromatic rings. The monoisotopic (exact) mass is 241 g/mol. The lowest BCUT2D eigenvalue weighted by Crippen LogP contribution is -2.27. The van der Waals surface area contributed by atoms with Crippen molar-refractivity contribution in [1.29, 1.82) is 0 Å². The Morgan fingerprint density at radius 2 is 2.12 bits per heavy atom. The third-order valence-electron chi connectivity index (χ3n) is 2.69. The van der Waals surface area contributed by atoms with E-state index >= 15 is 0 Å². The van der Waals surface area contributed by atoms with Gasteiger partial charge in [-0.15, -0.1) is 11.3 Å². The van der Waals surface area contributed by atoms with Gasteiger partial charge in [0.2, 0.25) is 0 Å². The highest BCUT2D eigenvalue weighted by molar-refractivity contribution is 7.11. The molecule has 0 fully saturated rings. The molecule has 0 amide bonds. The number of aryl methyl sites for hydroxylation is 1. The number of aromatic nitrogens is 1. The third kappa shape index (κ3) is 5.05. The number of nitrogens with zero attached hydrogens (tertiary/aromatic N) is 2. The second-order valence-corrected chi connectivity index (χ2v) is 5.22. The van der Waals surface area contributed by atoms with Crippen molar-refractivity contribution in [3.8, 4) is 0 Å². The molecule has 1 N–H and O–H groups in total. The molecule has 4 heteroatoms. The SMILES string of the molecule is CCN(CC)CCCNCc1cnc(C)s1. The lowest BCUT2D eigenvalue weighted by Gasteiger charge is -2.17. The molecule has 0 atom stereocenters. The van der Waals surface area contributed by atoms with Crippen LogP contribution in [0.1, 0.15) is 30.2 Å². The molecule has 0 aromatic carbocycles. The molecule has 0 aliphatic rings. The maximum atomic E-state index is 4.24. The Kier molecular flexibility index (Phi) is 6.61. The summed E-state index contributed by atoms with van der Waals surface area (Å²) in [4.78, 5) is 8.03. The Morgan fingerprint density at radius 1 is 1.38 bits per heavy atom. The summed E-state index contributed by atoms with van der Waals surface area (Å²) in [6.45, 7) is 12.1. The standard InChI is InChI=1S/C12H23N3S/c1-4-15(5-2)8-6-7-13-9-12-10-14-11(3)16-12/h10,13H,4-9H2,1-3H3. The van der Waals surface area contributed by atoms with Gasteiger partial charge in [0, 0.05) is 17.6 Å². The molecular weight excluding hydrogens is 218 g/mol. The minimum absolute atomic E-state index is 0.962. The van der Waals surface area contributed by atoms with Gasteiger partial charge < -0.3 is 10.2 Å². The van der Waals surface area contributed by atoms with Gasteiger partial charge >= 0.3 is 0 Å². The van der Waals surface area contributed by atoms with Crippen molar-refractivity contribution < 1.29 is 0 Å². The highest BCUT2D eigenvalue weighted by Gasteiger charge is 1.99. The summed E-state index contributed by atoms with van der Waals surface area (Å²) in [5, 5.41) is 4.62. The van der Waals surface area contributed by atoms with Crippen LogP contribution in [-0.2, 0) is 6.54 Å². The zero-order valence-corrected chi connectivity index (χ0v) is 11.4. The van der Waals surface area contributed by atoms with Crippen LogP contribution in [-0.4, -0.2) is 36.1 Å². The number of nitrogens with one attached hydrogen (secondary N) is 1. The highest BCUT2D eigenvalue weighted by atomic mass is 32.1. The number of hydrogen-bond acceptors (Lipinski definition) is 4. The molecule has 16 heavy (non-hydrogen) atoms. The van der Waals surface area contributed by atoms with E-state index in [-0.39, 0.29) is 0 Å². The normalized spacial score (nSPS) is 11.2. The third-order valence-corrected chi connectivity index (χ3v) is 3.60. The van der Waals surface area contributed by atoms with Gasteiger partial charge in [0.15, 0.2) is 0 Å². The van der Waals surface area contributed by atoms with E-state index in [4.69, 9.17) is 0 Å². The number of thiazole rings is 1. The van der Waals surface area contributed by atoms with Gasteiger partial charge in [0.05, 0.1) is 5.01 Å². The Bertz CT molecular complexity index is 282. The van der Waals surface area contributed by atoms with Crippen LogP contribution in [0.25, 0.3) is 0 Å². The van der Waals surface area contributed by atoms with Gasteiger partial charge in [0.1, 0.15) is 0 Å². The summed E-state index contributed by atoms with van der Waals surface area (Å²) >= 11 is 1.78. The summed E-state index contributed by atoms with van der Waals surface area (Å²) in [7, 11) is 0. The van der Waals surface area contributed by atoms with Crippen molar-refractivity contribution in [3.05, 3.63) is 16.1 Å². The summed E-state index contributed by atoms with van der Waals surface area (Å²) in [5.74, 6) is 0. The average Bonchev–Trinajstić information content (AvgIpc) is 2.70. The van der Waals surface area contributed by atoms with Gasteiger partial charge in [0.25, 0.3) is 0 Å². The topological polar surface area (TPSA) is 28.2 Å². The molecule has 3 nitrogen and oxygen atoms in total. The van der Waals surface area contributed by atoms with E-state index in [9.17, 15) is 0 Å². The van der Waals surface area contributed by atoms with E-state index in [1.807, 2.05) is 6.20 Å². The van der Waals surface area contributed by atoms with E-state index in [1.54, 1.807) is 11.3 Å². The zero-order chi connectivity index (χ0) is 11.8. The summed E-state index contributed by atoms with van der Waals surface area (Å²) in [6.07, 6.45) is 3.19. The van der Waals surface area contributed by atoms with E-state index in [0.717, 1.165) is 31.2 Å². The first-order valence-corrected chi connectivity index (χ1v) is 6.92. The second-order valence-electron chi connectivity index (χ2n) is 3.90. The van der Waals surface area contributed by atoms with Crippen LogP contribution in [0.5, 0.6) is 0 Å². The van der Waals surface area contributed by atoms with Crippen molar-refractivity contribution in [2.45, 2.75) is 33.7 Å². The van der Waals surface area contributed by atoms with Crippen molar-refractivity contribution in [2.24, 2.45) is 0 Å². The fourth-order valence-electron chi connectivity index (χ4n) is 1.67. The summed E-state index contributed by atoms with van der Waals surface area (Å²) < 4.78 is 0. The van der Waals surface area contributed by atoms with Crippen LogP contribution in [0.15, 0.2) is 6.20 Å². The molecule has 1 aromatic heterocycles. The Hall–Kier alpha value is -0.450. The molecule has 0 radical (unpaired) electrons. The Labute approximate surface area is 103 Å². The molecule has 0 saturated heterocycles. The average molecular weight is 241 g/mol. The largest absolute Gasteiger partial charge is 0.312 e. The molecule has 0 spiro atoms. The molecule has 92 valence electrons. The van der Waals surface area contributed by atoms with Crippen molar-refractivity contribution in [2.75, 3.05) is 26.2 Å². The van der Waals surface area contributed by atoms with Gasteiger partial charge in [-0.1, -0.05) is 13.8 Å². The maximum Gasteiger partial charge on any atom is 0.0897 e. The van der Waals surface area contributed by atoms with Gasteiger partial charge in [-0.05, 0) is 39.5 Å². The van der Waals surface area contributed by atoms with Crippen LogP contribution in [0.4, 0.5) is 0 Å². The first-order chi connectivity index (χ1) is 7.76. The molecule has 0 saturated carbocycles. The Balaban J connectivity index is 2.04. The van der Waals surface area contributed by atoms with E-state index < -0.39 is 0 Å². The van der Waals surface area contributed by atoms with Crippen molar-refractivity contribution >= 4 is 11.3 Å². The van der Waals surface area contributed by atoms with Crippen LogP contribution >= 0.6 is 11.3 Å². The van der Waals surface area contributed by atoms with Crippen LogP contribution in [0.2, 0.25) is 0 Å². The summed E-state index contributed by atoms with van der Waals surface area (Å²) in [6, 6.07) is 0. The molecule has 0 aliphatic heterocycles. The summed E-state index contributed by atoms with van der Waals surface area (Å²) in [5.41, 5.74) is 0. The van der Waals surface area contributed by atoms with E-state index in [0.29, 0.717) is 0 Å². The molecule has 1 rings (SSSR count). The number of rotatable bonds is 8. The van der Waals surface area contributed by atoms with E-state index in [1.165, 1.54) is 17.8 Å². The fraction of sp³-hybridized carbons (Fsp3) is 0.750. The zero-order valence-electron chi connectivity index (χ0n) is 10.6. The van der Waals surface area contributed by atoms with Crippen LogP contribution < -0.4 is 5.32 Å². The van der Waals surface area contributed by atoms with Crippen molar-refractivity contribution in [1.82, 2.24) is 15.2 Å². The first kappa shape index (κ1) is 13.6. The maximum absolute atomic E-state index is 4.24. The highest BCUT2D eigenvalue weighted by Crippen LogP contribution is 2.10. The predicted molar refractivity (Wildman–Crippen MR) is 71.0 cm³/mol. The number of hydrogen-bond donors (Lipinski definition) is 1. The quantitative estimate of drug-likeness (QED) is 0.708. The smallest absolute Gasteiger partial charge is 0.0897 e. The molecule has 0 bridgehead atoms. The van der Waals surface area contributed by atoms with Crippen LogP contribution in [0.3, 0.4) is 0 Å². The minimum Gasteiger partial charge on any atom is -0.312 e. The first-order valence-electron chi connectivity index (χ1n) is 6.10. The van der Waals surface area contributed by atoms with E-state index in [2.05, 4.69) is 36.0 Å². The molecule has 0 unspecified atom stereocenters.